The fourth-order valence-electron chi connectivity index (χ4n) is 2.04. The minimum atomic E-state index is 0.601. The van der Waals surface area contributed by atoms with Crippen LogP contribution in [-0.4, -0.2) is 11.3 Å². The molecule has 1 aromatic heterocycles. The van der Waals surface area contributed by atoms with Crippen molar-refractivity contribution in [2.75, 3.05) is 0 Å². The molecular formula is C17H13NO2. The van der Waals surface area contributed by atoms with E-state index in [1.165, 1.54) is 0 Å². The highest BCUT2D eigenvalue weighted by atomic mass is 16.5. The van der Waals surface area contributed by atoms with Gasteiger partial charge in [-0.3, -0.25) is 9.78 Å². The summed E-state index contributed by atoms with van der Waals surface area (Å²) in [5, 5.41) is 1.07. The average Bonchev–Trinajstić information content (AvgIpc) is 2.49. The third kappa shape index (κ3) is 2.38. The molecule has 0 radical (unpaired) electrons. The van der Waals surface area contributed by atoms with Gasteiger partial charge in [0.1, 0.15) is 17.8 Å². The van der Waals surface area contributed by atoms with Crippen molar-refractivity contribution < 1.29 is 9.53 Å². The van der Waals surface area contributed by atoms with Gasteiger partial charge in [-0.1, -0.05) is 18.2 Å². The largest absolute Gasteiger partial charge is 0.457 e. The third-order valence-electron chi connectivity index (χ3n) is 3.15. The first kappa shape index (κ1) is 12.4. The number of hydrogen-bond acceptors (Lipinski definition) is 3. The number of fused-ring (bicyclic) bond motifs is 1. The second-order valence-corrected chi connectivity index (χ2v) is 4.60. The smallest absolute Gasteiger partial charge is 0.150 e. The molecular weight excluding hydrogens is 250 g/mol. The first-order valence-corrected chi connectivity index (χ1v) is 6.35. The SMILES string of the molecule is Cc1ccc(C=O)cc1Oc1ccc2cccnc2c1. The number of rotatable bonds is 3. The van der Waals surface area contributed by atoms with E-state index >= 15 is 0 Å². The second kappa shape index (κ2) is 5.13. The molecule has 0 aliphatic heterocycles. The van der Waals surface area contributed by atoms with Crippen LogP contribution in [0.25, 0.3) is 10.9 Å². The number of aromatic nitrogens is 1. The maximum absolute atomic E-state index is 10.8. The van der Waals surface area contributed by atoms with Crippen molar-refractivity contribution >= 4 is 17.2 Å². The summed E-state index contributed by atoms with van der Waals surface area (Å²) >= 11 is 0. The number of benzene rings is 2. The number of aldehydes is 1. The van der Waals surface area contributed by atoms with Gasteiger partial charge in [0.05, 0.1) is 5.52 Å². The molecule has 3 aromatic rings. The number of ether oxygens (including phenoxy) is 1. The van der Waals surface area contributed by atoms with E-state index in [4.69, 9.17) is 4.74 Å². The summed E-state index contributed by atoms with van der Waals surface area (Å²) in [6.45, 7) is 1.95. The molecule has 0 saturated heterocycles. The Hall–Kier alpha value is -2.68. The highest BCUT2D eigenvalue weighted by molar-refractivity contribution is 5.80. The van der Waals surface area contributed by atoms with Crippen molar-refractivity contribution in [2.45, 2.75) is 6.92 Å². The highest BCUT2D eigenvalue weighted by Gasteiger charge is 2.04. The molecule has 3 rings (SSSR count). The van der Waals surface area contributed by atoms with Gasteiger partial charge in [-0.25, -0.2) is 0 Å². The van der Waals surface area contributed by atoms with Gasteiger partial charge < -0.3 is 4.74 Å². The van der Waals surface area contributed by atoms with E-state index < -0.39 is 0 Å². The Labute approximate surface area is 116 Å². The molecule has 0 spiro atoms. The van der Waals surface area contributed by atoms with E-state index in [9.17, 15) is 4.79 Å². The van der Waals surface area contributed by atoms with Crippen molar-refractivity contribution in [2.24, 2.45) is 0 Å². The average molecular weight is 263 g/mol. The van der Waals surface area contributed by atoms with E-state index in [1.807, 2.05) is 43.3 Å². The Morgan fingerprint density at radius 1 is 1.10 bits per heavy atom. The molecule has 20 heavy (non-hydrogen) atoms. The van der Waals surface area contributed by atoms with Crippen molar-refractivity contribution in [3.8, 4) is 11.5 Å². The summed E-state index contributed by atoms with van der Waals surface area (Å²) in [6, 6.07) is 15.1. The predicted molar refractivity (Wildman–Crippen MR) is 78.4 cm³/mol. The molecule has 98 valence electrons. The van der Waals surface area contributed by atoms with Crippen LogP contribution in [0, 0.1) is 6.92 Å². The molecule has 0 bridgehead atoms. The molecule has 0 aliphatic rings. The number of pyridine rings is 1. The summed E-state index contributed by atoms with van der Waals surface area (Å²) in [5.74, 6) is 1.40. The maximum atomic E-state index is 10.8. The van der Waals surface area contributed by atoms with Gasteiger partial charge >= 0.3 is 0 Å². The van der Waals surface area contributed by atoms with Crippen LogP contribution in [-0.2, 0) is 0 Å². The minimum absolute atomic E-state index is 0.601. The molecule has 0 fully saturated rings. The van der Waals surface area contributed by atoms with Crippen molar-refractivity contribution in [1.82, 2.24) is 4.98 Å². The zero-order chi connectivity index (χ0) is 13.9. The number of hydrogen-bond donors (Lipinski definition) is 0. The summed E-state index contributed by atoms with van der Waals surface area (Å²) < 4.78 is 5.86. The van der Waals surface area contributed by atoms with Crippen LogP contribution in [0.5, 0.6) is 11.5 Å². The minimum Gasteiger partial charge on any atom is -0.457 e. The Morgan fingerprint density at radius 2 is 2.00 bits per heavy atom. The van der Waals surface area contributed by atoms with E-state index in [1.54, 1.807) is 18.3 Å². The topological polar surface area (TPSA) is 39.2 Å². The lowest BCUT2D eigenvalue weighted by atomic mass is 10.1. The quantitative estimate of drug-likeness (QED) is 0.666. The van der Waals surface area contributed by atoms with Gasteiger partial charge in [0.25, 0.3) is 0 Å². The first-order chi connectivity index (χ1) is 9.76. The lowest BCUT2D eigenvalue weighted by Gasteiger charge is -2.09. The van der Waals surface area contributed by atoms with E-state index in [-0.39, 0.29) is 0 Å². The maximum Gasteiger partial charge on any atom is 0.150 e. The molecule has 1 heterocycles. The lowest BCUT2D eigenvalue weighted by Crippen LogP contribution is -1.90. The van der Waals surface area contributed by atoms with Gasteiger partial charge in [0.15, 0.2) is 0 Å². The van der Waals surface area contributed by atoms with Gasteiger partial charge in [-0.2, -0.15) is 0 Å². The van der Waals surface area contributed by atoms with Crippen LogP contribution in [0.2, 0.25) is 0 Å². The monoisotopic (exact) mass is 263 g/mol. The summed E-state index contributed by atoms with van der Waals surface area (Å²) in [5.41, 5.74) is 2.47. The molecule has 0 aliphatic carbocycles. The summed E-state index contributed by atoms with van der Waals surface area (Å²) in [7, 11) is 0. The molecule has 0 amide bonds. The number of aryl methyl sites for hydroxylation is 1. The van der Waals surface area contributed by atoms with Crippen molar-refractivity contribution in [3.05, 3.63) is 65.9 Å². The fourth-order valence-corrected chi connectivity index (χ4v) is 2.04. The molecule has 3 nitrogen and oxygen atoms in total. The summed E-state index contributed by atoms with van der Waals surface area (Å²) in [4.78, 5) is 15.1. The van der Waals surface area contributed by atoms with Crippen LogP contribution < -0.4 is 4.74 Å². The van der Waals surface area contributed by atoms with Crippen molar-refractivity contribution in [1.29, 1.82) is 0 Å². The first-order valence-electron chi connectivity index (χ1n) is 6.35. The highest BCUT2D eigenvalue weighted by Crippen LogP contribution is 2.27. The lowest BCUT2D eigenvalue weighted by molar-refractivity contribution is 0.112. The Bertz CT molecular complexity index is 781. The molecule has 0 atom stereocenters. The normalized spacial score (nSPS) is 10.4. The standard InChI is InChI=1S/C17H13NO2/c1-12-4-5-13(11-19)9-17(12)20-15-7-6-14-3-2-8-18-16(14)10-15/h2-11H,1H3. The molecule has 0 unspecified atom stereocenters. The fraction of sp³-hybridized carbons (Fsp3) is 0.0588. The molecule has 3 heteroatoms. The molecule has 0 N–H and O–H groups in total. The summed E-state index contributed by atoms with van der Waals surface area (Å²) in [6.07, 6.45) is 2.57. The van der Waals surface area contributed by atoms with Gasteiger partial charge in [0.2, 0.25) is 0 Å². The zero-order valence-electron chi connectivity index (χ0n) is 11.0. The Morgan fingerprint density at radius 3 is 2.85 bits per heavy atom. The van der Waals surface area contributed by atoms with Gasteiger partial charge in [0, 0.05) is 23.2 Å². The van der Waals surface area contributed by atoms with Gasteiger partial charge in [-0.05, 0) is 36.8 Å². The number of carbonyl (C=O) groups is 1. The van der Waals surface area contributed by atoms with E-state index in [0.29, 0.717) is 17.1 Å². The van der Waals surface area contributed by atoms with E-state index in [0.717, 1.165) is 22.8 Å². The number of nitrogens with zero attached hydrogens (tertiary/aromatic N) is 1. The molecule has 0 saturated carbocycles. The second-order valence-electron chi connectivity index (χ2n) is 4.60. The molecule has 2 aromatic carbocycles. The Balaban J connectivity index is 1.98. The Kier molecular flexibility index (Phi) is 3.17. The van der Waals surface area contributed by atoms with Crippen molar-refractivity contribution in [3.63, 3.8) is 0 Å². The number of carbonyl (C=O) groups excluding carboxylic acids is 1. The zero-order valence-corrected chi connectivity index (χ0v) is 11.0. The van der Waals surface area contributed by atoms with Gasteiger partial charge in [-0.15, -0.1) is 0 Å². The van der Waals surface area contributed by atoms with E-state index in [2.05, 4.69) is 4.98 Å². The van der Waals surface area contributed by atoms with Crippen LogP contribution in [0.1, 0.15) is 15.9 Å². The predicted octanol–water partition coefficient (Wildman–Crippen LogP) is 4.15. The van der Waals surface area contributed by atoms with Crippen LogP contribution in [0.3, 0.4) is 0 Å². The van der Waals surface area contributed by atoms with Crippen LogP contribution in [0.4, 0.5) is 0 Å². The third-order valence-corrected chi connectivity index (χ3v) is 3.15. The van der Waals surface area contributed by atoms with Crippen LogP contribution in [0.15, 0.2) is 54.7 Å². The van der Waals surface area contributed by atoms with Crippen LogP contribution >= 0.6 is 0 Å².